The SMILES string of the molecule is CC=CC(=S)N(C)O. The molecule has 0 amide bonds. The molecule has 0 heterocycles. The molecule has 0 aliphatic rings. The highest BCUT2D eigenvalue weighted by Crippen LogP contribution is 1.83. The van der Waals surface area contributed by atoms with Crippen LogP contribution >= 0.6 is 12.2 Å². The van der Waals surface area contributed by atoms with Crippen LogP contribution < -0.4 is 0 Å². The first-order chi connectivity index (χ1) is 3.68. The molecule has 0 spiro atoms. The molecule has 0 aliphatic heterocycles. The van der Waals surface area contributed by atoms with Crippen molar-refractivity contribution in [2.24, 2.45) is 0 Å². The standard InChI is InChI=1S/C5H9NOS/c1-3-4-5(8)6(2)7/h3-4,7H,1-2H3. The Morgan fingerprint density at radius 3 is 2.38 bits per heavy atom. The lowest BCUT2D eigenvalue weighted by Crippen LogP contribution is -2.17. The van der Waals surface area contributed by atoms with Gasteiger partial charge in [-0.3, -0.25) is 5.21 Å². The van der Waals surface area contributed by atoms with E-state index in [1.165, 1.54) is 7.05 Å². The fraction of sp³-hybridized carbons (Fsp3) is 0.400. The minimum atomic E-state index is 0.424. The predicted octanol–water partition coefficient (Wildman–Crippen LogP) is 1.21. The Labute approximate surface area is 54.4 Å². The van der Waals surface area contributed by atoms with E-state index in [0.29, 0.717) is 4.99 Å². The van der Waals surface area contributed by atoms with Crippen LogP contribution in [-0.2, 0) is 0 Å². The van der Waals surface area contributed by atoms with Crippen molar-refractivity contribution in [3.8, 4) is 0 Å². The highest BCUT2D eigenvalue weighted by molar-refractivity contribution is 7.80. The van der Waals surface area contributed by atoms with Crippen molar-refractivity contribution in [3.63, 3.8) is 0 Å². The Kier molecular flexibility index (Phi) is 3.39. The summed E-state index contributed by atoms with van der Waals surface area (Å²) >= 11 is 4.67. The van der Waals surface area contributed by atoms with Gasteiger partial charge in [0.2, 0.25) is 0 Å². The minimum Gasteiger partial charge on any atom is -0.288 e. The second kappa shape index (κ2) is 3.57. The summed E-state index contributed by atoms with van der Waals surface area (Å²) in [4.78, 5) is 0.424. The van der Waals surface area contributed by atoms with E-state index >= 15 is 0 Å². The van der Waals surface area contributed by atoms with E-state index in [1.54, 1.807) is 12.2 Å². The van der Waals surface area contributed by atoms with Crippen molar-refractivity contribution < 1.29 is 5.21 Å². The summed E-state index contributed by atoms with van der Waals surface area (Å²) < 4.78 is 0. The molecule has 0 saturated carbocycles. The Balaban J connectivity index is 3.66. The van der Waals surface area contributed by atoms with Gasteiger partial charge in [0, 0.05) is 7.05 Å². The van der Waals surface area contributed by atoms with E-state index in [-0.39, 0.29) is 0 Å². The van der Waals surface area contributed by atoms with Crippen molar-refractivity contribution in [1.82, 2.24) is 5.06 Å². The normalized spacial score (nSPS) is 9.88. The molecule has 3 heteroatoms. The van der Waals surface area contributed by atoms with E-state index in [0.717, 1.165) is 5.06 Å². The fourth-order valence-electron chi connectivity index (χ4n) is 0.250. The Morgan fingerprint density at radius 1 is 1.75 bits per heavy atom. The van der Waals surface area contributed by atoms with Crippen molar-refractivity contribution >= 4 is 17.2 Å². The summed E-state index contributed by atoms with van der Waals surface area (Å²) in [5.74, 6) is 0. The van der Waals surface area contributed by atoms with Gasteiger partial charge in [0.15, 0.2) is 0 Å². The zero-order chi connectivity index (χ0) is 6.57. The van der Waals surface area contributed by atoms with E-state index in [1.807, 2.05) is 6.92 Å². The van der Waals surface area contributed by atoms with E-state index in [9.17, 15) is 0 Å². The monoisotopic (exact) mass is 131 g/mol. The van der Waals surface area contributed by atoms with Crippen molar-refractivity contribution in [2.75, 3.05) is 7.05 Å². The first-order valence-corrected chi connectivity index (χ1v) is 2.68. The molecule has 46 valence electrons. The zero-order valence-electron chi connectivity index (χ0n) is 4.96. The number of hydroxylamine groups is 2. The molecule has 2 nitrogen and oxygen atoms in total. The van der Waals surface area contributed by atoms with Gasteiger partial charge in [-0.25, -0.2) is 5.06 Å². The average Bonchev–Trinajstić information content (AvgIpc) is 1.67. The second-order valence-corrected chi connectivity index (χ2v) is 1.78. The number of hydrogen-bond donors (Lipinski definition) is 1. The Bertz CT molecular complexity index is 109. The van der Waals surface area contributed by atoms with Crippen LogP contribution in [0.3, 0.4) is 0 Å². The minimum absolute atomic E-state index is 0.424. The summed E-state index contributed by atoms with van der Waals surface area (Å²) in [5, 5.41) is 9.49. The van der Waals surface area contributed by atoms with Crippen molar-refractivity contribution in [1.29, 1.82) is 0 Å². The van der Waals surface area contributed by atoms with Crippen LogP contribution in [0.15, 0.2) is 12.2 Å². The lowest BCUT2D eigenvalue weighted by molar-refractivity contribution is 0.0178. The van der Waals surface area contributed by atoms with E-state index in [2.05, 4.69) is 12.2 Å². The number of nitrogens with zero attached hydrogens (tertiary/aromatic N) is 1. The highest BCUT2D eigenvalue weighted by atomic mass is 32.1. The number of likely N-dealkylation sites (N-methyl/N-ethyl adjacent to an activating group) is 1. The largest absolute Gasteiger partial charge is 0.288 e. The zero-order valence-corrected chi connectivity index (χ0v) is 5.77. The molecular formula is C5H9NOS. The predicted molar refractivity (Wildman–Crippen MR) is 37.0 cm³/mol. The first kappa shape index (κ1) is 7.59. The molecule has 0 aliphatic carbocycles. The highest BCUT2D eigenvalue weighted by Gasteiger charge is 1.89. The third kappa shape index (κ3) is 2.71. The van der Waals surface area contributed by atoms with Crippen LogP contribution in [0.5, 0.6) is 0 Å². The molecule has 0 bridgehead atoms. The third-order valence-corrected chi connectivity index (χ3v) is 1.03. The molecule has 0 saturated heterocycles. The summed E-state index contributed by atoms with van der Waals surface area (Å²) in [7, 11) is 1.49. The number of hydrogen-bond acceptors (Lipinski definition) is 2. The first-order valence-electron chi connectivity index (χ1n) is 2.27. The maximum atomic E-state index is 8.59. The molecule has 0 aromatic heterocycles. The third-order valence-electron chi connectivity index (χ3n) is 0.628. The lowest BCUT2D eigenvalue weighted by Gasteiger charge is -2.05. The van der Waals surface area contributed by atoms with Gasteiger partial charge in [-0.1, -0.05) is 18.3 Å². The van der Waals surface area contributed by atoms with Gasteiger partial charge in [-0.05, 0) is 13.0 Å². The smallest absolute Gasteiger partial charge is 0.125 e. The maximum Gasteiger partial charge on any atom is 0.125 e. The van der Waals surface area contributed by atoms with Crippen LogP contribution in [0.1, 0.15) is 6.92 Å². The van der Waals surface area contributed by atoms with Gasteiger partial charge < -0.3 is 0 Å². The van der Waals surface area contributed by atoms with Gasteiger partial charge >= 0.3 is 0 Å². The topological polar surface area (TPSA) is 23.5 Å². The average molecular weight is 131 g/mol. The second-order valence-electron chi connectivity index (χ2n) is 1.36. The summed E-state index contributed by atoms with van der Waals surface area (Å²) in [5.41, 5.74) is 0. The van der Waals surface area contributed by atoms with Crippen LogP contribution in [0.4, 0.5) is 0 Å². The van der Waals surface area contributed by atoms with Crippen molar-refractivity contribution in [2.45, 2.75) is 6.92 Å². The van der Waals surface area contributed by atoms with Crippen LogP contribution in [0.25, 0.3) is 0 Å². The molecule has 8 heavy (non-hydrogen) atoms. The molecule has 0 aromatic rings. The fourth-order valence-corrected chi connectivity index (χ4v) is 0.387. The molecule has 0 fully saturated rings. The Morgan fingerprint density at radius 2 is 2.25 bits per heavy atom. The van der Waals surface area contributed by atoms with Crippen molar-refractivity contribution in [3.05, 3.63) is 12.2 Å². The van der Waals surface area contributed by atoms with Gasteiger partial charge in [0.1, 0.15) is 4.99 Å². The van der Waals surface area contributed by atoms with Gasteiger partial charge in [0.25, 0.3) is 0 Å². The maximum absolute atomic E-state index is 8.59. The van der Waals surface area contributed by atoms with E-state index < -0.39 is 0 Å². The molecule has 0 radical (unpaired) electrons. The Hall–Kier alpha value is -0.410. The summed E-state index contributed by atoms with van der Waals surface area (Å²) in [6, 6.07) is 0. The molecule has 0 unspecified atom stereocenters. The van der Waals surface area contributed by atoms with Gasteiger partial charge in [-0.15, -0.1) is 0 Å². The number of rotatable bonds is 1. The van der Waals surface area contributed by atoms with Crippen LogP contribution in [-0.4, -0.2) is 22.3 Å². The molecular weight excluding hydrogens is 122 g/mol. The van der Waals surface area contributed by atoms with Crippen LogP contribution in [0, 0.1) is 0 Å². The number of allylic oxidation sites excluding steroid dienone is 1. The molecule has 0 atom stereocenters. The van der Waals surface area contributed by atoms with E-state index in [4.69, 9.17) is 5.21 Å². The van der Waals surface area contributed by atoms with Crippen LogP contribution in [0.2, 0.25) is 0 Å². The molecule has 0 aromatic carbocycles. The van der Waals surface area contributed by atoms with Gasteiger partial charge in [-0.2, -0.15) is 0 Å². The summed E-state index contributed by atoms with van der Waals surface area (Å²) in [6.45, 7) is 1.84. The molecule has 0 rings (SSSR count). The number of thiocarbonyl (C=S) groups is 1. The van der Waals surface area contributed by atoms with Gasteiger partial charge in [0.05, 0.1) is 0 Å². The lowest BCUT2D eigenvalue weighted by atomic mass is 10.5. The quantitative estimate of drug-likeness (QED) is 0.329. The molecule has 1 N–H and O–H groups in total. The summed E-state index contributed by atoms with van der Waals surface area (Å²) in [6.07, 6.45) is 3.42.